The summed E-state index contributed by atoms with van der Waals surface area (Å²) in [4.78, 5) is 16.9. The van der Waals surface area contributed by atoms with Gasteiger partial charge >= 0.3 is 0 Å². The van der Waals surface area contributed by atoms with Crippen molar-refractivity contribution in [2.24, 2.45) is 0 Å². The molecule has 0 atom stereocenters. The van der Waals surface area contributed by atoms with Crippen molar-refractivity contribution in [3.63, 3.8) is 0 Å². The molecule has 8 heteroatoms. The monoisotopic (exact) mass is 480 g/mol. The zero-order valence-corrected chi connectivity index (χ0v) is 19.8. The van der Waals surface area contributed by atoms with E-state index in [0.29, 0.717) is 16.5 Å². The predicted octanol–water partition coefficient (Wildman–Crippen LogP) is 4.88. The minimum Gasteiger partial charge on any atom is -0.457 e. The maximum atomic E-state index is 12.2. The molecule has 0 saturated carbocycles. The molecule has 6 nitrogen and oxygen atoms in total. The number of furan rings is 1. The van der Waals surface area contributed by atoms with Crippen molar-refractivity contribution in [2.45, 2.75) is 0 Å². The molecular formula is C25H25ClN4O2S. The van der Waals surface area contributed by atoms with E-state index >= 15 is 0 Å². The lowest BCUT2D eigenvalue weighted by Gasteiger charge is -2.34. The Hall–Kier alpha value is -3.13. The number of likely N-dealkylation sites (N-methyl/N-ethyl adjacent to an activating group) is 1. The summed E-state index contributed by atoms with van der Waals surface area (Å²) in [6.07, 6.45) is 2.98. The SMILES string of the molecule is CN1CCN(c2ccc(NC(=S)NC(=O)C=Cc3ccc(-c4ccc(Cl)cc4)o3)cc2)CC1. The Labute approximate surface area is 203 Å². The van der Waals surface area contributed by atoms with Crippen LogP contribution in [0.15, 0.2) is 71.2 Å². The van der Waals surface area contributed by atoms with E-state index in [1.807, 2.05) is 30.3 Å². The Bertz CT molecular complexity index is 1130. The molecule has 1 aliphatic rings. The Balaban J connectivity index is 1.27. The molecule has 0 aliphatic carbocycles. The molecule has 2 heterocycles. The molecule has 3 aromatic rings. The number of amides is 1. The van der Waals surface area contributed by atoms with Crippen LogP contribution in [-0.2, 0) is 4.79 Å². The number of hydrogen-bond acceptors (Lipinski definition) is 5. The number of hydrogen-bond donors (Lipinski definition) is 2. The van der Waals surface area contributed by atoms with Crippen LogP contribution in [0.5, 0.6) is 0 Å². The quantitative estimate of drug-likeness (QED) is 0.401. The highest BCUT2D eigenvalue weighted by molar-refractivity contribution is 7.80. The van der Waals surface area contributed by atoms with Crippen molar-refractivity contribution in [2.75, 3.05) is 43.4 Å². The third-order valence-corrected chi connectivity index (χ3v) is 5.84. The second-order valence-corrected chi connectivity index (χ2v) is 8.67. The molecule has 0 spiro atoms. The van der Waals surface area contributed by atoms with E-state index in [1.54, 1.807) is 24.3 Å². The number of carbonyl (C=O) groups excluding carboxylic acids is 1. The van der Waals surface area contributed by atoms with E-state index in [4.69, 9.17) is 28.2 Å². The highest BCUT2D eigenvalue weighted by Gasteiger charge is 2.14. The van der Waals surface area contributed by atoms with Gasteiger partial charge in [-0.2, -0.15) is 0 Å². The first-order valence-corrected chi connectivity index (χ1v) is 11.4. The molecule has 1 amide bonds. The molecule has 0 bridgehead atoms. The highest BCUT2D eigenvalue weighted by Crippen LogP contribution is 2.24. The molecule has 1 fully saturated rings. The Morgan fingerprint density at radius 1 is 1.00 bits per heavy atom. The lowest BCUT2D eigenvalue weighted by molar-refractivity contribution is -0.115. The summed E-state index contributed by atoms with van der Waals surface area (Å²) in [7, 11) is 2.14. The van der Waals surface area contributed by atoms with Gasteiger partial charge in [0, 0.05) is 54.2 Å². The van der Waals surface area contributed by atoms with Crippen LogP contribution in [0.2, 0.25) is 5.02 Å². The smallest absolute Gasteiger partial charge is 0.250 e. The van der Waals surface area contributed by atoms with Gasteiger partial charge in [-0.1, -0.05) is 11.6 Å². The van der Waals surface area contributed by atoms with Crippen molar-refractivity contribution in [1.82, 2.24) is 10.2 Å². The van der Waals surface area contributed by atoms with Crippen molar-refractivity contribution < 1.29 is 9.21 Å². The average molecular weight is 481 g/mol. The first kappa shape index (κ1) is 23.0. The number of anilines is 2. The second kappa shape index (κ2) is 10.7. The number of piperazine rings is 1. The van der Waals surface area contributed by atoms with Crippen molar-refractivity contribution >= 4 is 52.3 Å². The molecule has 0 unspecified atom stereocenters. The Morgan fingerprint density at radius 2 is 1.70 bits per heavy atom. The topological polar surface area (TPSA) is 60.8 Å². The number of nitrogens with one attached hydrogen (secondary N) is 2. The molecule has 1 aromatic heterocycles. The van der Waals surface area contributed by atoms with Crippen molar-refractivity contribution in [3.05, 3.63) is 77.5 Å². The van der Waals surface area contributed by atoms with E-state index in [2.05, 4.69) is 39.6 Å². The molecule has 1 saturated heterocycles. The summed E-state index contributed by atoms with van der Waals surface area (Å²) in [5.41, 5.74) is 2.91. The summed E-state index contributed by atoms with van der Waals surface area (Å²) in [5, 5.41) is 6.59. The number of benzene rings is 2. The number of rotatable bonds is 5. The standard InChI is InChI=1S/C25H25ClN4O2S/c1-29-14-16-30(17-15-29)21-8-6-20(7-9-21)27-25(33)28-24(31)13-11-22-10-12-23(32-22)18-2-4-19(26)5-3-18/h2-13H,14-17H2,1H3,(H2,27,28,31,33). The van der Waals surface area contributed by atoms with E-state index in [0.717, 1.165) is 37.4 Å². The van der Waals surface area contributed by atoms with Gasteiger partial charge in [-0.15, -0.1) is 0 Å². The molecule has 1 aliphatic heterocycles. The number of nitrogens with zero attached hydrogens (tertiary/aromatic N) is 2. The van der Waals surface area contributed by atoms with E-state index in [1.165, 1.54) is 11.8 Å². The largest absolute Gasteiger partial charge is 0.457 e. The van der Waals surface area contributed by atoms with Crippen LogP contribution in [0.3, 0.4) is 0 Å². The molecule has 2 aromatic carbocycles. The third kappa shape index (κ3) is 6.44. The fourth-order valence-corrected chi connectivity index (χ4v) is 3.85. The molecule has 33 heavy (non-hydrogen) atoms. The third-order valence-electron chi connectivity index (χ3n) is 5.38. The normalized spacial score (nSPS) is 14.4. The maximum absolute atomic E-state index is 12.2. The molecule has 170 valence electrons. The predicted molar refractivity (Wildman–Crippen MR) is 139 cm³/mol. The van der Waals surface area contributed by atoms with Gasteiger partial charge in [-0.3, -0.25) is 10.1 Å². The van der Waals surface area contributed by atoms with Crippen molar-refractivity contribution in [1.29, 1.82) is 0 Å². The van der Waals surface area contributed by atoms with Crippen LogP contribution >= 0.6 is 23.8 Å². The average Bonchev–Trinajstić information content (AvgIpc) is 3.28. The van der Waals surface area contributed by atoms with Gasteiger partial charge in [0.2, 0.25) is 5.91 Å². The summed E-state index contributed by atoms with van der Waals surface area (Å²) in [6, 6.07) is 19.1. The number of carbonyl (C=O) groups is 1. The van der Waals surface area contributed by atoms with Crippen LogP contribution < -0.4 is 15.5 Å². The first-order valence-electron chi connectivity index (χ1n) is 10.7. The summed E-state index contributed by atoms with van der Waals surface area (Å²) < 4.78 is 5.76. The number of halogens is 1. The fraction of sp³-hybridized carbons (Fsp3) is 0.200. The van der Waals surface area contributed by atoms with Gasteiger partial charge in [-0.05, 0) is 86.0 Å². The fourth-order valence-electron chi connectivity index (χ4n) is 3.51. The summed E-state index contributed by atoms with van der Waals surface area (Å²) in [6.45, 7) is 4.15. The van der Waals surface area contributed by atoms with E-state index < -0.39 is 0 Å². The van der Waals surface area contributed by atoms with Gasteiger partial charge in [0.25, 0.3) is 0 Å². The molecule has 0 radical (unpaired) electrons. The van der Waals surface area contributed by atoms with Gasteiger partial charge in [0.1, 0.15) is 11.5 Å². The zero-order valence-electron chi connectivity index (χ0n) is 18.3. The minimum atomic E-state index is -0.342. The first-order chi connectivity index (χ1) is 16.0. The van der Waals surface area contributed by atoms with Gasteiger partial charge in [0.15, 0.2) is 5.11 Å². The Morgan fingerprint density at radius 3 is 2.39 bits per heavy atom. The minimum absolute atomic E-state index is 0.235. The summed E-state index contributed by atoms with van der Waals surface area (Å²) in [5.74, 6) is 0.920. The van der Waals surface area contributed by atoms with Gasteiger partial charge < -0.3 is 19.5 Å². The van der Waals surface area contributed by atoms with E-state index in [9.17, 15) is 4.79 Å². The van der Waals surface area contributed by atoms with Crippen molar-refractivity contribution in [3.8, 4) is 11.3 Å². The van der Waals surface area contributed by atoms with Crippen LogP contribution in [0.25, 0.3) is 17.4 Å². The van der Waals surface area contributed by atoms with Crippen LogP contribution in [0.4, 0.5) is 11.4 Å². The zero-order chi connectivity index (χ0) is 23.2. The maximum Gasteiger partial charge on any atom is 0.250 e. The van der Waals surface area contributed by atoms with Crippen LogP contribution in [0, 0.1) is 0 Å². The number of thiocarbonyl (C=S) groups is 1. The van der Waals surface area contributed by atoms with Gasteiger partial charge in [0.05, 0.1) is 0 Å². The Kier molecular flexibility index (Phi) is 7.44. The molecular weight excluding hydrogens is 456 g/mol. The van der Waals surface area contributed by atoms with Gasteiger partial charge in [-0.25, -0.2) is 0 Å². The molecule has 4 rings (SSSR count). The second-order valence-electron chi connectivity index (χ2n) is 7.82. The highest BCUT2D eigenvalue weighted by atomic mass is 35.5. The van der Waals surface area contributed by atoms with Crippen LogP contribution in [-0.4, -0.2) is 49.1 Å². The summed E-state index contributed by atoms with van der Waals surface area (Å²) >= 11 is 11.2. The van der Waals surface area contributed by atoms with E-state index in [-0.39, 0.29) is 11.0 Å². The molecule has 2 N–H and O–H groups in total. The lowest BCUT2D eigenvalue weighted by atomic mass is 10.2. The van der Waals surface area contributed by atoms with Crippen LogP contribution in [0.1, 0.15) is 5.76 Å². The lowest BCUT2D eigenvalue weighted by Crippen LogP contribution is -2.44.